The summed E-state index contributed by atoms with van der Waals surface area (Å²) in [6.45, 7) is 0. The molecule has 13 aromatic rings. The lowest BCUT2D eigenvalue weighted by Crippen LogP contribution is -2.07. The number of hydrogen-bond donors (Lipinski definition) is 0. The minimum absolute atomic E-state index is 0.510. The Bertz CT molecular complexity index is 3880. The standard InChI is InChI=1S/C55H32N4O2/c1-3-13-33(14-4-1)36-26-29-46-45(31-36)42-21-11-20-41(43-22-12-23-44-50-38-18-8-7-15-34(38)27-30-48(50)61-52(43)44)51(42)59(46)55-57-53(35-16-5-2-6-17-35)56-54(58-55)37-25-28-40-39-19-9-10-24-47(39)60-49(40)32-37/h1-32H. The molecule has 284 valence electrons. The lowest BCUT2D eigenvalue weighted by atomic mass is 9.98. The van der Waals surface area contributed by atoms with Crippen LogP contribution >= 0.6 is 0 Å². The van der Waals surface area contributed by atoms with Crippen molar-refractivity contribution in [1.29, 1.82) is 0 Å². The topological polar surface area (TPSA) is 69.9 Å². The second-order valence-corrected chi connectivity index (χ2v) is 15.5. The van der Waals surface area contributed by atoms with Gasteiger partial charge in [0.1, 0.15) is 22.3 Å². The van der Waals surface area contributed by atoms with Crippen LogP contribution in [0.3, 0.4) is 0 Å². The molecule has 0 saturated carbocycles. The van der Waals surface area contributed by atoms with Crippen LogP contribution in [0.2, 0.25) is 0 Å². The Balaban J connectivity index is 1.12. The van der Waals surface area contributed by atoms with E-state index in [4.69, 9.17) is 23.8 Å². The average Bonchev–Trinajstić information content (AvgIpc) is 4.01. The maximum atomic E-state index is 6.84. The minimum atomic E-state index is 0.510. The zero-order valence-electron chi connectivity index (χ0n) is 32.6. The van der Waals surface area contributed by atoms with Gasteiger partial charge >= 0.3 is 0 Å². The molecule has 0 spiro atoms. The zero-order chi connectivity index (χ0) is 40.0. The minimum Gasteiger partial charge on any atom is -0.456 e. The van der Waals surface area contributed by atoms with E-state index in [0.717, 1.165) is 99.1 Å². The van der Waals surface area contributed by atoms with Gasteiger partial charge in [-0.3, -0.25) is 4.57 Å². The van der Waals surface area contributed by atoms with Crippen molar-refractivity contribution in [3.05, 3.63) is 194 Å². The lowest BCUT2D eigenvalue weighted by Gasteiger charge is -2.13. The summed E-state index contributed by atoms with van der Waals surface area (Å²) in [5, 5.41) is 8.83. The summed E-state index contributed by atoms with van der Waals surface area (Å²) < 4.78 is 15.4. The maximum absolute atomic E-state index is 6.84. The molecule has 0 amide bonds. The number of aromatic nitrogens is 4. The van der Waals surface area contributed by atoms with Crippen molar-refractivity contribution in [1.82, 2.24) is 19.5 Å². The normalized spacial score (nSPS) is 11.9. The molecule has 0 aliphatic carbocycles. The van der Waals surface area contributed by atoms with Crippen LogP contribution in [0, 0.1) is 0 Å². The van der Waals surface area contributed by atoms with Crippen molar-refractivity contribution in [3.8, 4) is 51.0 Å². The molecular formula is C55H32N4O2. The van der Waals surface area contributed by atoms with Gasteiger partial charge in [-0.2, -0.15) is 9.97 Å². The van der Waals surface area contributed by atoms with Gasteiger partial charge in [0.2, 0.25) is 5.95 Å². The van der Waals surface area contributed by atoms with Crippen LogP contribution in [-0.4, -0.2) is 19.5 Å². The summed E-state index contributed by atoms with van der Waals surface area (Å²) in [6, 6.07) is 67.4. The lowest BCUT2D eigenvalue weighted by molar-refractivity contribution is 0.669. The highest BCUT2D eigenvalue weighted by molar-refractivity contribution is 6.22. The van der Waals surface area contributed by atoms with E-state index >= 15 is 0 Å². The van der Waals surface area contributed by atoms with Gasteiger partial charge in [0, 0.05) is 54.6 Å². The Morgan fingerprint density at radius 3 is 1.89 bits per heavy atom. The van der Waals surface area contributed by atoms with Crippen LogP contribution in [0.25, 0.3) is 127 Å². The number of benzene rings is 9. The Morgan fingerprint density at radius 1 is 0.361 bits per heavy atom. The van der Waals surface area contributed by atoms with Crippen LogP contribution in [0.4, 0.5) is 0 Å². The summed E-state index contributed by atoms with van der Waals surface area (Å²) >= 11 is 0. The molecule has 0 unspecified atom stereocenters. The second kappa shape index (κ2) is 13.1. The zero-order valence-corrected chi connectivity index (χ0v) is 32.6. The first-order valence-corrected chi connectivity index (χ1v) is 20.4. The summed E-state index contributed by atoms with van der Waals surface area (Å²) in [4.78, 5) is 15.8. The Labute approximate surface area is 348 Å². The highest BCUT2D eigenvalue weighted by Gasteiger charge is 2.24. The van der Waals surface area contributed by atoms with Gasteiger partial charge in [0.05, 0.1) is 11.0 Å². The largest absolute Gasteiger partial charge is 0.456 e. The molecule has 0 radical (unpaired) electrons. The predicted octanol–water partition coefficient (Wildman–Crippen LogP) is 14.6. The SMILES string of the molecule is c1ccc(-c2ccc3c(c2)c2cccc(-c4cccc5c4oc4ccc6ccccc6c45)c2n3-c2nc(-c3ccccc3)nc(-c3ccc4c(c3)oc3ccccc34)n2)cc1. The maximum Gasteiger partial charge on any atom is 0.238 e. The van der Waals surface area contributed by atoms with Crippen LogP contribution in [-0.2, 0) is 0 Å². The molecule has 6 nitrogen and oxygen atoms in total. The van der Waals surface area contributed by atoms with Crippen molar-refractivity contribution in [2.45, 2.75) is 0 Å². The Morgan fingerprint density at radius 2 is 1.03 bits per heavy atom. The van der Waals surface area contributed by atoms with Gasteiger partial charge in [-0.05, 0) is 58.3 Å². The molecular weight excluding hydrogens is 749 g/mol. The third-order valence-electron chi connectivity index (χ3n) is 12.1. The van der Waals surface area contributed by atoms with E-state index in [2.05, 4.69) is 144 Å². The van der Waals surface area contributed by atoms with Crippen LogP contribution < -0.4 is 0 Å². The van der Waals surface area contributed by atoms with Gasteiger partial charge in [-0.1, -0.05) is 158 Å². The summed E-state index contributed by atoms with van der Waals surface area (Å²) in [6.07, 6.45) is 0. The van der Waals surface area contributed by atoms with Crippen molar-refractivity contribution in [2.75, 3.05) is 0 Å². The third-order valence-corrected chi connectivity index (χ3v) is 12.1. The van der Waals surface area contributed by atoms with E-state index in [9.17, 15) is 0 Å². The summed E-state index contributed by atoms with van der Waals surface area (Å²) in [7, 11) is 0. The smallest absolute Gasteiger partial charge is 0.238 e. The molecule has 13 rings (SSSR count). The summed E-state index contributed by atoms with van der Waals surface area (Å²) in [5.41, 5.74) is 11.3. The van der Waals surface area contributed by atoms with E-state index < -0.39 is 0 Å². The van der Waals surface area contributed by atoms with E-state index in [1.807, 2.05) is 54.6 Å². The van der Waals surface area contributed by atoms with Crippen molar-refractivity contribution >= 4 is 76.5 Å². The first kappa shape index (κ1) is 33.6. The first-order chi connectivity index (χ1) is 30.2. The quantitative estimate of drug-likeness (QED) is 0.174. The van der Waals surface area contributed by atoms with E-state index in [-0.39, 0.29) is 0 Å². The summed E-state index contributed by atoms with van der Waals surface area (Å²) in [5.74, 6) is 1.63. The van der Waals surface area contributed by atoms with E-state index in [1.54, 1.807) is 0 Å². The van der Waals surface area contributed by atoms with Crippen molar-refractivity contribution in [2.24, 2.45) is 0 Å². The fraction of sp³-hybridized carbons (Fsp3) is 0. The molecule has 0 aliphatic heterocycles. The third kappa shape index (κ3) is 5.19. The molecule has 0 saturated heterocycles. The molecule has 4 aromatic heterocycles. The van der Waals surface area contributed by atoms with Crippen LogP contribution in [0.5, 0.6) is 0 Å². The number of para-hydroxylation sites is 3. The Hall–Kier alpha value is -8.35. The highest BCUT2D eigenvalue weighted by atomic mass is 16.3. The second-order valence-electron chi connectivity index (χ2n) is 15.5. The van der Waals surface area contributed by atoms with Crippen molar-refractivity contribution < 1.29 is 8.83 Å². The average molecular weight is 781 g/mol. The first-order valence-electron chi connectivity index (χ1n) is 20.4. The molecule has 0 atom stereocenters. The predicted molar refractivity (Wildman–Crippen MR) is 248 cm³/mol. The number of hydrogen-bond acceptors (Lipinski definition) is 5. The number of rotatable bonds is 5. The molecule has 0 aliphatic rings. The van der Waals surface area contributed by atoms with Gasteiger partial charge in [-0.15, -0.1) is 0 Å². The number of nitrogens with zero attached hydrogens (tertiary/aromatic N) is 4. The van der Waals surface area contributed by atoms with E-state index in [1.165, 1.54) is 10.8 Å². The fourth-order valence-corrected chi connectivity index (χ4v) is 9.26. The molecule has 0 N–H and O–H groups in total. The molecule has 9 aromatic carbocycles. The molecule has 0 bridgehead atoms. The molecule has 0 fully saturated rings. The molecule has 6 heteroatoms. The highest BCUT2D eigenvalue weighted by Crippen LogP contribution is 2.44. The van der Waals surface area contributed by atoms with Crippen LogP contribution in [0.15, 0.2) is 203 Å². The molecule has 4 heterocycles. The number of fused-ring (bicyclic) bond motifs is 11. The molecule has 61 heavy (non-hydrogen) atoms. The van der Waals surface area contributed by atoms with Gasteiger partial charge in [0.15, 0.2) is 11.6 Å². The Kier molecular flexibility index (Phi) is 7.21. The number of furan rings is 2. The van der Waals surface area contributed by atoms with Gasteiger partial charge in [0.25, 0.3) is 0 Å². The van der Waals surface area contributed by atoms with Crippen LogP contribution in [0.1, 0.15) is 0 Å². The van der Waals surface area contributed by atoms with Gasteiger partial charge in [-0.25, -0.2) is 4.98 Å². The monoisotopic (exact) mass is 780 g/mol. The van der Waals surface area contributed by atoms with Gasteiger partial charge < -0.3 is 8.83 Å². The fourth-order valence-electron chi connectivity index (χ4n) is 9.26. The van der Waals surface area contributed by atoms with E-state index in [0.29, 0.717) is 17.6 Å². The van der Waals surface area contributed by atoms with Crippen molar-refractivity contribution in [3.63, 3.8) is 0 Å².